The van der Waals surface area contributed by atoms with Crippen molar-refractivity contribution in [3.8, 4) is 17.1 Å². The summed E-state index contributed by atoms with van der Waals surface area (Å²) in [4.78, 5) is 24.4. The SMILES string of the molecule is COc1ncc(-c2nc(N(C(=O)C3CC3)C3=CCC4=COCC4=C3)ccc2C)cc1C. The molecule has 0 saturated heterocycles. The van der Waals surface area contributed by atoms with Crippen molar-refractivity contribution in [1.29, 1.82) is 0 Å². The molecule has 31 heavy (non-hydrogen) atoms. The summed E-state index contributed by atoms with van der Waals surface area (Å²) >= 11 is 0. The summed E-state index contributed by atoms with van der Waals surface area (Å²) in [5.74, 6) is 1.43. The zero-order valence-corrected chi connectivity index (χ0v) is 18.0. The van der Waals surface area contributed by atoms with Crippen LogP contribution in [0.4, 0.5) is 5.82 Å². The summed E-state index contributed by atoms with van der Waals surface area (Å²) in [5, 5.41) is 0. The van der Waals surface area contributed by atoms with Crippen LogP contribution in [0.5, 0.6) is 5.88 Å². The molecule has 0 spiro atoms. The maximum Gasteiger partial charge on any atom is 0.235 e. The van der Waals surface area contributed by atoms with Crippen LogP contribution in [-0.2, 0) is 9.53 Å². The number of pyridine rings is 2. The first-order chi connectivity index (χ1) is 15.0. The Morgan fingerprint density at radius 2 is 2.03 bits per heavy atom. The summed E-state index contributed by atoms with van der Waals surface area (Å²) in [5.41, 5.74) is 6.88. The van der Waals surface area contributed by atoms with Crippen molar-refractivity contribution in [1.82, 2.24) is 9.97 Å². The van der Waals surface area contributed by atoms with E-state index in [2.05, 4.69) is 17.1 Å². The second-order valence-electron chi connectivity index (χ2n) is 8.29. The number of fused-ring (bicyclic) bond motifs is 1. The molecule has 0 aromatic carbocycles. The maximum absolute atomic E-state index is 13.3. The lowest BCUT2D eigenvalue weighted by Crippen LogP contribution is -2.32. The molecule has 0 unspecified atom stereocenters. The summed E-state index contributed by atoms with van der Waals surface area (Å²) in [6, 6.07) is 5.97. The molecule has 0 atom stereocenters. The van der Waals surface area contributed by atoms with Crippen molar-refractivity contribution < 1.29 is 14.3 Å². The fraction of sp³-hybridized carbons (Fsp3) is 0.320. The van der Waals surface area contributed by atoms with Crippen molar-refractivity contribution in [2.75, 3.05) is 18.6 Å². The highest BCUT2D eigenvalue weighted by molar-refractivity contribution is 5.99. The molecule has 0 N–H and O–H groups in total. The Hall–Kier alpha value is -3.41. The number of anilines is 1. The minimum atomic E-state index is 0.0764. The van der Waals surface area contributed by atoms with E-state index in [0.29, 0.717) is 18.3 Å². The molecule has 2 aromatic heterocycles. The van der Waals surface area contributed by atoms with E-state index in [9.17, 15) is 4.79 Å². The molecule has 0 bridgehead atoms. The summed E-state index contributed by atoms with van der Waals surface area (Å²) in [6.45, 7) is 4.54. The van der Waals surface area contributed by atoms with Crippen LogP contribution in [-0.4, -0.2) is 29.6 Å². The minimum absolute atomic E-state index is 0.0764. The van der Waals surface area contributed by atoms with E-state index in [-0.39, 0.29) is 11.8 Å². The molecule has 0 radical (unpaired) electrons. The molecule has 158 valence electrons. The lowest BCUT2D eigenvalue weighted by Gasteiger charge is -2.26. The number of rotatable bonds is 5. The van der Waals surface area contributed by atoms with Gasteiger partial charge >= 0.3 is 0 Å². The third kappa shape index (κ3) is 3.63. The quantitative estimate of drug-likeness (QED) is 0.712. The van der Waals surface area contributed by atoms with Gasteiger partial charge in [0, 0.05) is 28.9 Å². The zero-order chi connectivity index (χ0) is 21.5. The summed E-state index contributed by atoms with van der Waals surface area (Å²) in [7, 11) is 1.61. The molecule has 3 heterocycles. The third-order valence-electron chi connectivity index (χ3n) is 5.94. The summed E-state index contributed by atoms with van der Waals surface area (Å²) in [6.07, 6.45) is 10.4. The van der Waals surface area contributed by atoms with Crippen LogP contribution < -0.4 is 9.64 Å². The number of allylic oxidation sites excluding steroid dienone is 2. The van der Waals surface area contributed by atoms with E-state index in [1.54, 1.807) is 18.2 Å². The fourth-order valence-electron chi connectivity index (χ4n) is 4.05. The van der Waals surface area contributed by atoms with Crippen LogP contribution in [0.3, 0.4) is 0 Å². The van der Waals surface area contributed by atoms with Crippen LogP contribution >= 0.6 is 0 Å². The second-order valence-corrected chi connectivity index (χ2v) is 8.29. The number of amides is 1. The van der Waals surface area contributed by atoms with Gasteiger partial charge in [0.1, 0.15) is 12.4 Å². The Kier molecular flexibility index (Phi) is 4.85. The number of nitrogens with zero attached hydrogens (tertiary/aromatic N) is 3. The van der Waals surface area contributed by atoms with Gasteiger partial charge in [0.25, 0.3) is 0 Å². The number of aryl methyl sites for hydroxylation is 2. The number of methoxy groups -OCH3 is 1. The van der Waals surface area contributed by atoms with Gasteiger partial charge in [-0.15, -0.1) is 0 Å². The Morgan fingerprint density at radius 3 is 2.77 bits per heavy atom. The van der Waals surface area contributed by atoms with E-state index in [1.165, 1.54) is 5.57 Å². The Bertz CT molecular complexity index is 1160. The highest BCUT2D eigenvalue weighted by Crippen LogP contribution is 2.38. The van der Waals surface area contributed by atoms with E-state index in [1.807, 2.05) is 38.3 Å². The minimum Gasteiger partial charge on any atom is -0.496 e. The van der Waals surface area contributed by atoms with Gasteiger partial charge in [-0.25, -0.2) is 9.97 Å². The molecular formula is C25H25N3O3. The molecule has 6 nitrogen and oxygen atoms in total. The molecule has 1 saturated carbocycles. The first-order valence-electron chi connectivity index (χ1n) is 10.6. The molecule has 1 aliphatic heterocycles. The molecular weight excluding hydrogens is 390 g/mol. The van der Waals surface area contributed by atoms with Crippen LogP contribution in [0.15, 0.2) is 59.7 Å². The molecule has 2 aromatic rings. The Balaban J connectivity index is 1.57. The molecule has 2 aliphatic carbocycles. The van der Waals surface area contributed by atoms with Gasteiger partial charge in [0.15, 0.2) is 0 Å². The predicted octanol–water partition coefficient (Wildman–Crippen LogP) is 4.64. The highest BCUT2D eigenvalue weighted by Gasteiger charge is 2.36. The Labute approximate surface area is 181 Å². The Morgan fingerprint density at radius 1 is 1.19 bits per heavy atom. The zero-order valence-electron chi connectivity index (χ0n) is 18.0. The lowest BCUT2D eigenvalue weighted by atomic mass is 9.98. The van der Waals surface area contributed by atoms with E-state index in [0.717, 1.165) is 52.9 Å². The van der Waals surface area contributed by atoms with Gasteiger partial charge in [-0.1, -0.05) is 12.1 Å². The van der Waals surface area contributed by atoms with Gasteiger partial charge in [0.2, 0.25) is 11.8 Å². The molecule has 5 rings (SSSR count). The number of hydrogen-bond acceptors (Lipinski definition) is 5. The monoisotopic (exact) mass is 415 g/mol. The van der Waals surface area contributed by atoms with Crippen LogP contribution in [0.2, 0.25) is 0 Å². The first kappa shape index (κ1) is 19.5. The largest absolute Gasteiger partial charge is 0.496 e. The van der Waals surface area contributed by atoms with Crippen LogP contribution in [0, 0.1) is 19.8 Å². The number of carbonyl (C=O) groups is 1. The third-order valence-corrected chi connectivity index (χ3v) is 5.94. The normalized spacial score (nSPS) is 17.2. The van der Waals surface area contributed by atoms with Crippen LogP contribution in [0.25, 0.3) is 11.3 Å². The van der Waals surface area contributed by atoms with E-state index >= 15 is 0 Å². The number of hydrogen-bond donors (Lipinski definition) is 0. The van der Waals surface area contributed by atoms with Gasteiger partial charge in [-0.05, 0) is 68.0 Å². The van der Waals surface area contributed by atoms with Crippen molar-refractivity contribution in [3.63, 3.8) is 0 Å². The lowest BCUT2D eigenvalue weighted by molar-refractivity contribution is -0.119. The van der Waals surface area contributed by atoms with E-state index < -0.39 is 0 Å². The molecule has 3 aliphatic rings. The topological polar surface area (TPSA) is 64.6 Å². The number of ether oxygens (including phenoxy) is 2. The van der Waals surface area contributed by atoms with Gasteiger partial charge in [0.05, 0.1) is 19.1 Å². The number of aromatic nitrogens is 2. The van der Waals surface area contributed by atoms with Crippen molar-refractivity contribution >= 4 is 11.7 Å². The maximum atomic E-state index is 13.3. The molecule has 1 fully saturated rings. The predicted molar refractivity (Wildman–Crippen MR) is 119 cm³/mol. The van der Waals surface area contributed by atoms with Gasteiger partial charge < -0.3 is 9.47 Å². The average molecular weight is 415 g/mol. The second kappa shape index (κ2) is 7.69. The van der Waals surface area contributed by atoms with Crippen molar-refractivity contribution in [2.24, 2.45) is 5.92 Å². The standard InChI is InChI=1S/C25H25N3O3/c1-15-4-9-22(27-23(15)19-10-16(2)24(30-3)26-12-19)28(25(29)17-5-6-17)21-8-7-18-13-31-14-20(18)11-21/h4,8-13,17H,5-7,14H2,1-3H3. The van der Waals surface area contributed by atoms with E-state index in [4.69, 9.17) is 14.5 Å². The molecule has 1 amide bonds. The first-order valence-corrected chi connectivity index (χ1v) is 10.6. The summed E-state index contributed by atoms with van der Waals surface area (Å²) < 4.78 is 10.8. The average Bonchev–Trinajstić information content (AvgIpc) is 3.52. The molecule has 6 heteroatoms. The van der Waals surface area contributed by atoms with Crippen molar-refractivity contribution in [3.05, 3.63) is 70.8 Å². The van der Waals surface area contributed by atoms with Crippen LogP contribution in [0.1, 0.15) is 30.4 Å². The highest BCUT2D eigenvalue weighted by atomic mass is 16.5. The fourth-order valence-corrected chi connectivity index (χ4v) is 4.05. The van der Waals surface area contributed by atoms with Gasteiger partial charge in [-0.3, -0.25) is 9.69 Å². The number of carbonyl (C=O) groups excluding carboxylic acids is 1. The smallest absolute Gasteiger partial charge is 0.235 e. The van der Waals surface area contributed by atoms with Gasteiger partial charge in [-0.2, -0.15) is 0 Å². The van der Waals surface area contributed by atoms with Crippen molar-refractivity contribution in [2.45, 2.75) is 33.1 Å².